The summed E-state index contributed by atoms with van der Waals surface area (Å²) in [5.41, 5.74) is -8.59. The number of nitrogens with one attached hydrogen (secondary N) is 1. The Bertz CT molecular complexity index is 2150. The Kier molecular flexibility index (Phi) is 11.2. The van der Waals surface area contributed by atoms with Crippen molar-refractivity contribution in [1.29, 1.82) is 0 Å². The molecule has 1 amide bonds. The van der Waals surface area contributed by atoms with Crippen molar-refractivity contribution in [3.63, 3.8) is 0 Å². The molecule has 2 aromatic carbocycles. The SMILES string of the molecule is CC(=O)O[C@H]1C(=O)[C@]2(C)[C@H](O)C[C@H]3OC[C@@]3(OC(C)=O)[C@H]2[C@H](OC(=O)c2ccccc2)[C@]2(O)C[C@H](OC(=O)[C@@H](O)[C@@]3(NC(=O)c4ccccc4)C[C@@H]3C(C)C)C(C)=C1C2(C)C. The van der Waals surface area contributed by atoms with Crippen LogP contribution in [0.3, 0.4) is 0 Å². The average molecular weight is 846 g/mol. The van der Waals surface area contributed by atoms with Crippen LogP contribution in [0, 0.1) is 28.6 Å². The molecular formula is C46H55NO14. The molecule has 1 heterocycles. The minimum absolute atomic E-state index is 0.0217. The number of carbonyl (C=O) groups is 6. The van der Waals surface area contributed by atoms with Gasteiger partial charge in [0.25, 0.3) is 5.91 Å². The fraction of sp³-hybridized carbons (Fsp3) is 0.565. The quantitative estimate of drug-likeness (QED) is 0.153. The molecule has 0 aromatic heterocycles. The molecule has 12 atom stereocenters. The van der Waals surface area contributed by atoms with Gasteiger partial charge >= 0.3 is 23.9 Å². The van der Waals surface area contributed by atoms with Crippen molar-refractivity contribution in [1.82, 2.24) is 5.32 Å². The number of ether oxygens (including phenoxy) is 5. The number of rotatable bonds is 10. The van der Waals surface area contributed by atoms with Crippen molar-refractivity contribution in [2.45, 2.75) is 128 Å². The maximum absolute atomic E-state index is 15.5. The van der Waals surface area contributed by atoms with Crippen LogP contribution < -0.4 is 5.32 Å². The zero-order chi connectivity index (χ0) is 44.6. The van der Waals surface area contributed by atoms with Crippen LogP contribution in [0.25, 0.3) is 0 Å². The molecule has 1 aliphatic heterocycles. The van der Waals surface area contributed by atoms with E-state index in [2.05, 4.69) is 5.32 Å². The van der Waals surface area contributed by atoms with Crippen molar-refractivity contribution in [3.8, 4) is 0 Å². The molecule has 4 fully saturated rings. The number of esters is 4. The van der Waals surface area contributed by atoms with Crippen molar-refractivity contribution >= 4 is 35.6 Å². The fourth-order valence-electron chi connectivity index (χ4n) is 11.0. The highest BCUT2D eigenvalue weighted by molar-refractivity contribution is 5.97. The zero-order valence-corrected chi connectivity index (χ0v) is 35.6. The Morgan fingerprint density at radius 3 is 2.00 bits per heavy atom. The number of hydrogen-bond donors (Lipinski definition) is 4. The topological polar surface area (TPSA) is 221 Å². The van der Waals surface area contributed by atoms with E-state index in [9.17, 15) is 39.3 Å². The van der Waals surface area contributed by atoms with E-state index < -0.39 is 112 Å². The van der Waals surface area contributed by atoms with Crippen molar-refractivity contribution < 1.29 is 67.8 Å². The normalized spacial score (nSPS) is 36.4. The molecule has 2 bridgehead atoms. The molecule has 61 heavy (non-hydrogen) atoms. The maximum atomic E-state index is 15.5. The predicted molar refractivity (Wildman–Crippen MR) is 214 cm³/mol. The first-order valence-electron chi connectivity index (χ1n) is 20.7. The van der Waals surface area contributed by atoms with Gasteiger partial charge in [0.2, 0.25) is 0 Å². The second-order valence-corrected chi connectivity index (χ2v) is 18.5. The average Bonchev–Trinajstić information content (AvgIpc) is 3.94. The van der Waals surface area contributed by atoms with E-state index in [-0.39, 0.29) is 48.0 Å². The molecule has 0 radical (unpaired) electrons. The van der Waals surface area contributed by atoms with Crippen LogP contribution in [-0.4, -0.2) is 111 Å². The zero-order valence-electron chi connectivity index (χ0n) is 35.6. The van der Waals surface area contributed by atoms with Crippen LogP contribution in [0.5, 0.6) is 0 Å². The number of amides is 1. The molecule has 3 saturated carbocycles. The molecule has 0 spiro atoms. The first kappa shape index (κ1) is 44.1. The second-order valence-electron chi connectivity index (χ2n) is 18.5. The van der Waals surface area contributed by atoms with Crippen molar-refractivity contribution in [3.05, 3.63) is 82.9 Å². The Balaban J connectivity index is 1.38. The van der Waals surface area contributed by atoms with Crippen LogP contribution in [-0.2, 0) is 42.9 Å². The van der Waals surface area contributed by atoms with Gasteiger partial charge in [0.05, 0.1) is 35.1 Å². The molecule has 15 nitrogen and oxygen atoms in total. The summed E-state index contributed by atoms with van der Waals surface area (Å²) in [5.74, 6) is -6.98. The summed E-state index contributed by atoms with van der Waals surface area (Å²) in [6.07, 6.45) is -9.96. The second kappa shape index (κ2) is 15.4. The standard InChI is InChI=1S/C46H55NO14/c1-23(2)29-20-44(29,47-39(53)27-15-11-9-12-16-27)37(52)41(55)59-30-21-46(56)38(60-40(54)28-17-13-10-14-18-28)35-43(8,31(50)19-32-45(35,22-57-32)61-26(5)49)36(51)34(58-25(4)48)33(24(30)3)42(46,6)7/h9-18,23,29-32,34-35,37-38,50,52,56H,19-22H2,1-8H3,(H,47,53)/t29-,30+,31-,32-,34-,35+,37-,38+,43-,44-,45+,46-/m1/s1. The van der Waals surface area contributed by atoms with Crippen LogP contribution >= 0.6 is 0 Å². The molecular weight excluding hydrogens is 790 g/mol. The van der Waals surface area contributed by atoms with Crippen molar-refractivity contribution in [2.75, 3.05) is 6.61 Å². The summed E-state index contributed by atoms with van der Waals surface area (Å²) < 4.78 is 30.4. The largest absolute Gasteiger partial charge is 0.456 e. The number of aliphatic hydroxyl groups is 3. The first-order chi connectivity index (χ1) is 28.6. The van der Waals surface area contributed by atoms with E-state index in [0.717, 1.165) is 13.8 Å². The number of hydrogen-bond acceptors (Lipinski definition) is 14. The van der Waals surface area contributed by atoms with Gasteiger partial charge in [-0.15, -0.1) is 0 Å². The van der Waals surface area contributed by atoms with Crippen LogP contribution in [0.15, 0.2) is 71.8 Å². The number of benzene rings is 2. The summed E-state index contributed by atoms with van der Waals surface area (Å²) in [7, 11) is 0. The number of Topliss-reactive ketones (excluding diaryl/α,β-unsaturated/α-hetero) is 1. The van der Waals surface area contributed by atoms with Gasteiger partial charge in [-0.3, -0.25) is 19.2 Å². The van der Waals surface area contributed by atoms with Crippen LogP contribution in [0.4, 0.5) is 0 Å². The molecule has 7 rings (SSSR count). The molecule has 4 N–H and O–H groups in total. The maximum Gasteiger partial charge on any atom is 0.338 e. The Morgan fingerprint density at radius 1 is 0.869 bits per heavy atom. The van der Waals surface area contributed by atoms with Gasteiger partial charge in [-0.2, -0.15) is 0 Å². The van der Waals surface area contributed by atoms with Gasteiger partial charge in [0, 0.05) is 37.7 Å². The lowest BCUT2D eigenvalue weighted by Crippen LogP contribution is -2.82. The molecule has 0 unspecified atom stereocenters. The van der Waals surface area contributed by atoms with E-state index >= 15 is 4.79 Å². The first-order valence-corrected chi connectivity index (χ1v) is 20.7. The summed E-state index contributed by atoms with van der Waals surface area (Å²) in [6.45, 7) is 11.9. The van der Waals surface area contributed by atoms with Crippen LogP contribution in [0.2, 0.25) is 0 Å². The van der Waals surface area contributed by atoms with Gasteiger partial charge in [0.1, 0.15) is 23.9 Å². The van der Waals surface area contributed by atoms with E-state index in [1.807, 2.05) is 13.8 Å². The summed E-state index contributed by atoms with van der Waals surface area (Å²) >= 11 is 0. The third-order valence-corrected chi connectivity index (χ3v) is 14.4. The minimum atomic E-state index is -2.36. The fourth-order valence-corrected chi connectivity index (χ4v) is 11.0. The highest BCUT2D eigenvalue weighted by atomic mass is 16.6. The van der Waals surface area contributed by atoms with Gasteiger partial charge in [-0.25, -0.2) is 9.59 Å². The lowest BCUT2D eigenvalue weighted by Gasteiger charge is -2.67. The van der Waals surface area contributed by atoms with Gasteiger partial charge in [-0.05, 0) is 67.5 Å². The number of aliphatic hydroxyl groups excluding tert-OH is 2. The number of fused-ring (bicyclic) bond motifs is 5. The predicted octanol–water partition coefficient (Wildman–Crippen LogP) is 3.41. The molecule has 5 aliphatic rings. The molecule has 328 valence electrons. The van der Waals surface area contributed by atoms with Crippen molar-refractivity contribution in [2.24, 2.45) is 28.6 Å². The Labute approximate surface area is 354 Å². The Morgan fingerprint density at radius 2 is 1.48 bits per heavy atom. The summed E-state index contributed by atoms with van der Waals surface area (Å²) in [4.78, 5) is 83.5. The smallest absolute Gasteiger partial charge is 0.338 e. The summed E-state index contributed by atoms with van der Waals surface area (Å²) in [6, 6.07) is 16.2. The summed E-state index contributed by atoms with van der Waals surface area (Å²) in [5, 5.41) is 40.5. The molecule has 4 aliphatic carbocycles. The molecule has 1 saturated heterocycles. The highest BCUT2D eigenvalue weighted by Crippen LogP contribution is 2.64. The van der Waals surface area contributed by atoms with Gasteiger partial charge in [0.15, 0.2) is 23.6 Å². The third kappa shape index (κ3) is 6.88. The van der Waals surface area contributed by atoms with E-state index in [1.54, 1.807) is 69.3 Å². The lowest BCUT2D eigenvalue weighted by molar-refractivity contribution is -0.346. The van der Waals surface area contributed by atoms with E-state index in [4.69, 9.17) is 23.7 Å². The van der Waals surface area contributed by atoms with Gasteiger partial charge < -0.3 is 44.3 Å². The number of carbonyl (C=O) groups excluding carboxylic acids is 6. The molecule has 15 heteroatoms. The minimum Gasteiger partial charge on any atom is -0.456 e. The lowest BCUT2D eigenvalue weighted by atomic mass is 9.44. The number of ketones is 1. The van der Waals surface area contributed by atoms with E-state index in [0.29, 0.717) is 5.56 Å². The van der Waals surface area contributed by atoms with Gasteiger partial charge in [-0.1, -0.05) is 64.1 Å². The van der Waals surface area contributed by atoms with Crippen LogP contribution in [0.1, 0.15) is 95.4 Å². The monoisotopic (exact) mass is 845 g/mol. The van der Waals surface area contributed by atoms with E-state index in [1.165, 1.54) is 19.1 Å². The third-order valence-electron chi connectivity index (χ3n) is 14.4. The Hall–Kier alpha value is -4.96. The highest BCUT2D eigenvalue weighted by Gasteiger charge is 2.78. The molecule has 2 aromatic rings.